The van der Waals surface area contributed by atoms with Crippen molar-refractivity contribution in [1.29, 1.82) is 0 Å². The molecule has 2 rings (SSSR count). The summed E-state index contributed by atoms with van der Waals surface area (Å²) in [6.45, 7) is 0.959. The van der Waals surface area contributed by atoms with Gasteiger partial charge in [0.05, 0.1) is 6.26 Å². The van der Waals surface area contributed by atoms with Crippen LogP contribution in [-0.4, -0.2) is 32.8 Å². The molecule has 0 aliphatic heterocycles. The number of nitrogens with one attached hydrogen (secondary N) is 1. The van der Waals surface area contributed by atoms with E-state index in [1.807, 2.05) is 0 Å². The number of carbonyl (C=O) groups is 2. The molecule has 2 heterocycles. The van der Waals surface area contributed by atoms with Crippen LogP contribution in [0.5, 0.6) is 0 Å². The maximum atomic E-state index is 11.7. The van der Waals surface area contributed by atoms with Crippen LogP contribution < -0.4 is 10.9 Å². The van der Waals surface area contributed by atoms with Gasteiger partial charge in [-0.05, 0) is 25.1 Å². The van der Waals surface area contributed by atoms with Crippen molar-refractivity contribution in [1.82, 2.24) is 15.1 Å². The number of amides is 1. The van der Waals surface area contributed by atoms with Crippen LogP contribution in [0.3, 0.4) is 0 Å². The SMILES string of the molecule is C[C@H](NC(=O)Cn1nc(-c2ccco2)ccc1=O)C(=O)O. The van der Waals surface area contributed by atoms with Crippen LogP contribution in [-0.2, 0) is 16.1 Å². The van der Waals surface area contributed by atoms with Gasteiger partial charge in [0, 0.05) is 6.07 Å². The molecule has 0 spiro atoms. The zero-order valence-electron chi connectivity index (χ0n) is 11.1. The summed E-state index contributed by atoms with van der Waals surface area (Å²) in [6.07, 6.45) is 1.47. The highest BCUT2D eigenvalue weighted by Crippen LogP contribution is 2.14. The second-order valence-corrected chi connectivity index (χ2v) is 4.32. The number of furan rings is 1. The maximum absolute atomic E-state index is 11.7. The van der Waals surface area contributed by atoms with Gasteiger partial charge in [0.25, 0.3) is 5.56 Å². The number of carbonyl (C=O) groups excluding carboxylic acids is 1. The Balaban J connectivity index is 2.16. The highest BCUT2D eigenvalue weighted by atomic mass is 16.4. The Bertz CT molecular complexity index is 705. The summed E-state index contributed by atoms with van der Waals surface area (Å²) in [5.74, 6) is -1.31. The van der Waals surface area contributed by atoms with Crippen LogP contribution >= 0.6 is 0 Å². The molecule has 0 bridgehead atoms. The van der Waals surface area contributed by atoms with Gasteiger partial charge < -0.3 is 14.8 Å². The fourth-order valence-electron chi connectivity index (χ4n) is 1.60. The lowest BCUT2D eigenvalue weighted by atomic mass is 10.3. The summed E-state index contributed by atoms with van der Waals surface area (Å²) in [4.78, 5) is 34.0. The van der Waals surface area contributed by atoms with Gasteiger partial charge >= 0.3 is 5.97 Å². The van der Waals surface area contributed by atoms with E-state index in [1.54, 1.807) is 12.1 Å². The van der Waals surface area contributed by atoms with Crippen LogP contribution in [0.2, 0.25) is 0 Å². The Morgan fingerprint density at radius 3 is 2.81 bits per heavy atom. The lowest BCUT2D eigenvalue weighted by Gasteiger charge is -2.10. The Morgan fingerprint density at radius 2 is 2.19 bits per heavy atom. The van der Waals surface area contributed by atoms with E-state index in [4.69, 9.17) is 9.52 Å². The normalized spacial score (nSPS) is 11.9. The van der Waals surface area contributed by atoms with Crippen molar-refractivity contribution in [3.8, 4) is 11.5 Å². The first-order chi connectivity index (χ1) is 9.97. The number of aromatic nitrogens is 2. The molecule has 0 aromatic carbocycles. The highest BCUT2D eigenvalue weighted by molar-refractivity contribution is 5.83. The minimum atomic E-state index is -1.16. The molecule has 1 atom stereocenters. The molecular formula is C13H13N3O5. The monoisotopic (exact) mass is 291 g/mol. The predicted molar refractivity (Wildman–Crippen MR) is 71.4 cm³/mol. The summed E-state index contributed by atoms with van der Waals surface area (Å²) in [7, 11) is 0. The van der Waals surface area contributed by atoms with Crippen LogP contribution in [0.15, 0.2) is 39.7 Å². The van der Waals surface area contributed by atoms with E-state index in [0.29, 0.717) is 11.5 Å². The zero-order valence-corrected chi connectivity index (χ0v) is 11.1. The summed E-state index contributed by atoms with van der Waals surface area (Å²) in [5, 5.41) is 15.0. The van der Waals surface area contributed by atoms with E-state index in [-0.39, 0.29) is 6.54 Å². The molecule has 110 valence electrons. The summed E-state index contributed by atoms with van der Waals surface area (Å²) in [5.41, 5.74) is -0.0675. The standard InChI is InChI=1S/C13H13N3O5/c1-8(13(19)20)14-11(17)7-16-12(18)5-4-9(15-16)10-3-2-6-21-10/h2-6,8H,7H2,1H3,(H,14,17)(H,19,20)/t8-/m0/s1. The molecule has 1 amide bonds. The third kappa shape index (κ3) is 3.56. The van der Waals surface area contributed by atoms with E-state index < -0.39 is 23.5 Å². The molecule has 2 aromatic rings. The first-order valence-electron chi connectivity index (χ1n) is 6.11. The summed E-state index contributed by atoms with van der Waals surface area (Å²) < 4.78 is 6.11. The maximum Gasteiger partial charge on any atom is 0.325 e. The van der Waals surface area contributed by atoms with Crippen molar-refractivity contribution in [2.75, 3.05) is 0 Å². The van der Waals surface area contributed by atoms with Gasteiger partial charge in [-0.25, -0.2) is 4.68 Å². The first-order valence-corrected chi connectivity index (χ1v) is 6.11. The topological polar surface area (TPSA) is 114 Å². The molecule has 0 saturated heterocycles. The molecule has 8 heteroatoms. The van der Waals surface area contributed by atoms with E-state index in [0.717, 1.165) is 4.68 Å². The van der Waals surface area contributed by atoms with Gasteiger partial charge in [-0.1, -0.05) is 0 Å². The van der Waals surface area contributed by atoms with Crippen molar-refractivity contribution in [2.45, 2.75) is 19.5 Å². The van der Waals surface area contributed by atoms with Gasteiger partial charge in [0.2, 0.25) is 5.91 Å². The minimum absolute atomic E-state index is 0.370. The Morgan fingerprint density at radius 1 is 1.43 bits per heavy atom. The predicted octanol–water partition coefficient (Wildman–Crippen LogP) is 0.0926. The van der Waals surface area contributed by atoms with Gasteiger partial charge in [0.1, 0.15) is 18.3 Å². The number of hydrogen-bond acceptors (Lipinski definition) is 5. The Kier molecular flexibility index (Phi) is 4.17. The fourth-order valence-corrected chi connectivity index (χ4v) is 1.60. The van der Waals surface area contributed by atoms with Gasteiger partial charge in [-0.2, -0.15) is 5.10 Å². The molecule has 0 aliphatic carbocycles. The van der Waals surface area contributed by atoms with E-state index in [9.17, 15) is 14.4 Å². The van der Waals surface area contributed by atoms with E-state index in [1.165, 1.54) is 25.3 Å². The van der Waals surface area contributed by atoms with Crippen LogP contribution in [0.25, 0.3) is 11.5 Å². The molecule has 2 N–H and O–H groups in total. The molecule has 0 aliphatic rings. The third-order valence-electron chi connectivity index (χ3n) is 2.68. The smallest absolute Gasteiger partial charge is 0.325 e. The largest absolute Gasteiger partial charge is 0.480 e. The number of carboxylic acids is 1. The Hall–Kier alpha value is -2.90. The van der Waals surface area contributed by atoms with Gasteiger partial charge in [-0.15, -0.1) is 0 Å². The number of rotatable bonds is 5. The van der Waals surface area contributed by atoms with Crippen molar-refractivity contribution in [2.24, 2.45) is 0 Å². The molecule has 8 nitrogen and oxygen atoms in total. The van der Waals surface area contributed by atoms with Crippen LogP contribution in [0, 0.1) is 0 Å². The van der Waals surface area contributed by atoms with Crippen LogP contribution in [0.4, 0.5) is 0 Å². The first kappa shape index (κ1) is 14.5. The van der Waals surface area contributed by atoms with Gasteiger partial charge in [-0.3, -0.25) is 14.4 Å². The molecule has 0 fully saturated rings. The molecule has 0 unspecified atom stereocenters. The number of hydrogen-bond donors (Lipinski definition) is 2. The van der Waals surface area contributed by atoms with Crippen molar-refractivity contribution in [3.63, 3.8) is 0 Å². The zero-order chi connectivity index (χ0) is 15.4. The average molecular weight is 291 g/mol. The quantitative estimate of drug-likeness (QED) is 0.807. The fraction of sp³-hybridized carbons (Fsp3) is 0.231. The van der Waals surface area contributed by atoms with Crippen LogP contribution in [0.1, 0.15) is 6.92 Å². The minimum Gasteiger partial charge on any atom is -0.480 e. The lowest BCUT2D eigenvalue weighted by Crippen LogP contribution is -2.41. The summed E-state index contributed by atoms with van der Waals surface area (Å²) in [6, 6.07) is 5.05. The number of aliphatic carboxylic acids is 1. The van der Waals surface area contributed by atoms with Crippen molar-refractivity contribution in [3.05, 3.63) is 40.9 Å². The average Bonchev–Trinajstić information content (AvgIpc) is 2.95. The number of carboxylic acid groups (broad SMARTS) is 1. The second kappa shape index (κ2) is 6.04. The van der Waals surface area contributed by atoms with E-state index >= 15 is 0 Å². The second-order valence-electron chi connectivity index (χ2n) is 4.32. The molecular weight excluding hydrogens is 278 g/mol. The van der Waals surface area contributed by atoms with E-state index in [2.05, 4.69) is 10.4 Å². The third-order valence-corrected chi connectivity index (χ3v) is 2.68. The molecule has 2 aromatic heterocycles. The Labute approximate surface area is 119 Å². The van der Waals surface area contributed by atoms with Crippen molar-refractivity contribution < 1.29 is 19.1 Å². The lowest BCUT2D eigenvalue weighted by molar-refractivity contribution is -0.141. The number of nitrogens with zero attached hydrogens (tertiary/aromatic N) is 2. The van der Waals surface area contributed by atoms with Crippen molar-refractivity contribution >= 4 is 11.9 Å². The highest BCUT2D eigenvalue weighted by Gasteiger charge is 2.15. The molecule has 21 heavy (non-hydrogen) atoms. The summed E-state index contributed by atoms with van der Waals surface area (Å²) >= 11 is 0. The van der Waals surface area contributed by atoms with Gasteiger partial charge in [0.15, 0.2) is 5.76 Å². The molecule has 0 radical (unpaired) electrons. The molecule has 0 saturated carbocycles.